The molecule has 0 amide bonds. The van der Waals surface area contributed by atoms with Gasteiger partial charge in [-0.15, -0.1) is 11.8 Å². The molecule has 2 aliphatic heterocycles. The summed E-state index contributed by atoms with van der Waals surface area (Å²) in [5.41, 5.74) is 4.77. The Bertz CT molecular complexity index is 1020. The van der Waals surface area contributed by atoms with E-state index < -0.39 is 4.92 Å². The summed E-state index contributed by atoms with van der Waals surface area (Å²) >= 11 is 1.60. The third-order valence-electron chi connectivity index (χ3n) is 5.70. The smallest absolute Gasteiger partial charge is 0.269 e. The maximum absolute atomic E-state index is 10.9. The molecule has 1 fully saturated rings. The minimum atomic E-state index is -0.396. The van der Waals surface area contributed by atoms with Crippen molar-refractivity contribution in [2.45, 2.75) is 43.1 Å². The third kappa shape index (κ3) is 4.69. The molecular formula is C23H25N3O4S. The standard InChI is InChI=1S/C23H25N3O4S/c1-23(2)12-18-19(13-24)22(31-15-16-3-5-17(6-4-16)26(27)28)11-21(20(18)14-30-23)25-7-9-29-10-8-25/h3-6,11H,7-10,12,14-15H2,1-2H3. The molecule has 0 bridgehead atoms. The zero-order chi connectivity index (χ0) is 22.0. The molecule has 31 heavy (non-hydrogen) atoms. The van der Waals surface area contributed by atoms with Crippen LogP contribution in [0.4, 0.5) is 11.4 Å². The summed E-state index contributed by atoms with van der Waals surface area (Å²) < 4.78 is 11.6. The van der Waals surface area contributed by atoms with E-state index in [9.17, 15) is 15.4 Å². The van der Waals surface area contributed by atoms with Crippen molar-refractivity contribution in [3.63, 3.8) is 0 Å². The highest BCUT2D eigenvalue weighted by Gasteiger charge is 2.32. The van der Waals surface area contributed by atoms with E-state index in [2.05, 4.69) is 30.9 Å². The maximum atomic E-state index is 10.9. The second-order valence-electron chi connectivity index (χ2n) is 8.37. The van der Waals surface area contributed by atoms with Gasteiger partial charge >= 0.3 is 0 Å². The van der Waals surface area contributed by atoms with Gasteiger partial charge in [0.1, 0.15) is 6.07 Å². The Labute approximate surface area is 186 Å². The normalized spacial score (nSPS) is 17.6. The first-order chi connectivity index (χ1) is 14.9. The number of rotatable bonds is 5. The SMILES string of the molecule is CC1(C)Cc2c(C#N)c(SCc3ccc([N+](=O)[O-])cc3)cc(N3CCOCC3)c2CO1. The van der Waals surface area contributed by atoms with Crippen LogP contribution in [0.5, 0.6) is 0 Å². The molecule has 162 valence electrons. The van der Waals surface area contributed by atoms with Gasteiger partial charge in [0.05, 0.1) is 35.9 Å². The average molecular weight is 440 g/mol. The van der Waals surface area contributed by atoms with Gasteiger partial charge in [0, 0.05) is 53.5 Å². The number of nitro groups is 1. The predicted octanol–water partition coefficient (Wildman–Crippen LogP) is 4.45. The third-order valence-corrected chi connectivity index (χ3v) is 6.81. The zero-order valence-corrected chi connectivity index (χ0v) is 18.5. The number of thioether (sulfide) groups is 1. The molecule has 2 aliphatic rings. The maximum Gasteiger partial charge on any atom is 0.269 e. The van der Waals surface area contributed by atoms with Gasteiger partial charge in [-0.1, -0.05) is 12.1 Å². The number of fused-ring (bicyclic) bond motifs is 1. The topological polar surface area (TPSA) is 88.6 Å². The van der Waals surface area contributed by atoms with E-state index in [0.29, 0.717) is 32.0 Å². The van der Waals surface area contributed by atoms with Crippen molar-refractivity contribution < 1.29 is 14.4 Å². The quantitative estimate of drug-likeness (QED) is 0.386. The number of morpholine rings is 1. The summed E-state index contributed by atoms with van der Waals surface area (Å²) in [6, 6.07) is 11.1. The van der Waals surface area contributed by atoms with Crippen LogP contribution in [-0.2, 0) is 28.3 Å². The molecule has 2 heterocycles. The summed E-state index contributed by atoms with van der Waals surface area (Å²) in [6.45, 7) is 7.61. The largest absolute Gasteiger partial charge is 0.378 e. The van der Waals surface area contributed by atoms with Gasteiger partial charge in [-0.3, -0.25) is 10.1 Å². The van der Waals surface area contributed by atoms with Crippen molar-refractivity contribution in [1.82, 2.24) is 0 Å². The van der Waals surface area contributed by atoms with Crippen molar-refractivity contribution in [3.05, 3.63) is 62.7 Å². The molecule has 4 rings (SSSR count). The number of benzene rings is 2. The monoisotopic (exact) mass is 439 g/mol. The lowest BCUT2D eigenvalue weighted by atomic mass is 9.87. The fourth-order valence-corrected chi connectivity index (χ4v) is 5.06. The van der Waals surface area contributed by atoms with E-state index in [4.69, 9.17) is 9.47 Å². The Balaban J connectivity index is 1.69. The summed E-state index contributed by atoms with van der Waals surface area (Å²) in [6.07, 6.45) is 0.689. The van der Waals surface area contributed by atoms with Crippen LogP contribution in [0.15, 0.2) is 35.2 Å². The molecule has 0 radical (unpaired) electrons. The summed E-state index contributed by atoms with van der Waals surface area (Å²) in [5.74, 6) is 0.633. The fourth-order valence-electron chi connectivity index (χ4n) is 4.04. The van der Waals surface area contributed by atoms with E-state index >= 15 is 0 Å². The number of nitriles is 1. The van der Waals surface area contributed by atoms with Gasteiger partial charge in [-0.05, 0) is 31.0 Å². The Morgan fingerprint density at radius 2 is 1.94 bits per heavy atom. The molecule has 7 nitrogen and oxygen atoms in total. The van der Waals surface area contributed by atoms with Gasteiger partial charge in [0.15, 0.2) is 0 Å². The fraction of sp³-hybridized carbons (Fsp3) is 0.435. The lowest BCUT2D eigenvalue weighted by Gasteiger charge is -2.37. The Morgan fingerprint density at radius 1 is 1.23 bits per heavy atom. The van der Waals surface area contributed by atoms with Crippen LogP contribution < -0.4 is 4.90 Å². The minimum Gasteiger partial charge on any atom is -0.378 e. The molecule has 0 saturated carbocycles. The van der Waals surface area contributed by atoms with Crippen LogP contribution >= 0.6 is 11.8 Å². The first-order valence-electron chi connectivity index (χ1n) is 10.3. The first-order valence-corrected chi connectivity index (χ1v) is 11.3. The minimum absolute atomic E-state index is 0.0806. The first kappa shape index (κ1) is 21.6. The highest BCUT2D eigenvalue weighted by molar-refractivity contribution is 7.98. The van der Waals surface area contributed by atoms with E-state index in [1.807, 2.05) is 0 Å². The van der Waals surface area contributed by atoms with Crippen molar-refractivity contribution in [3.8, 4) is 6.07 Å². The lowest BCUT2D eigenvalue weighted by Crippen LogP contribution is -2.39. The number of nitro benzene ring substituents is 1. The average Bonchev–Trinajstić information content (AvgIpc) is 2.77. The van der Waals surface area contributed by atoms with Gasteiger partial charge < -0.3 is 14.4 Å². The second kappa shape index (κ2) is 8.87. The lowest BCUT2D eigenvalue weighted by molar-refractivity contribution is -0.384. The number of nitrogens with zero attached hydrogens (tertiary/aromatic N) is 3. The van der Waals surface area contributed by atoms with Gasteiger partial charge in [0.2, 0.25) is 0 Å². The molecule has 0 spiro atoms. The van der Waals surface area contributed by atoms with Crippen LogP contribution in [0, 0.1) is 21.4 Å². The number of anilines is 1. The molecule has 2 aromatic carbocycles. The summed E-state index contributed by atoms with van der Waals surface area (Å²) in [4.78, 5) is 13.8. The Morgan fingerprint density at radius 3 is 2.58 bits per heavy atom. The van der Waals surface area contributed by atoms with Crippen LogP contribution in [0.1, 0.15) is 36.1 Å². The number of non-ortho nitro benzene ring substituents is 1. The van der Waals surface area contributed by atoms with E-state index in [-0.39, 0.29) is 11.3 Å². The highest BCUT2D eigenvalue weighted by atomic mass is 32.2. The molecule has 8 heteroatoms. The molecule has 2 aromatic rings. The zero-order valence-electron chi connectivity index (χ0n) is 17.7. The number of hydrogen-bond acceptors (Lipinski definition) is 7. The van der Waals surface area contributed by atoms with Crippen LogP contribution in [0.3, 0.4) is 0 Å². The van der Waals surface area contributed by atoms with Crippen LogP contribution in [0.2, 0.25) is 0 Å². The molecule has 0 aliphatic carbocycles. The van der Waals surface area contributed by atoms with E-state index in [1.165, 1.54) is 12.1 Å². The van der Waals surface area contributed by atoms with Crippen molar-refractivity contribution in [2.75, 3.05) is 31.2 Å². The van der Waals surface area contributed by atoms with Crippen molar-refractivity contribution >= 4 is 23.1 Å². The van der Waals surface area contributed by atoms with Gasteiger partial charge in [0.25, 0.3) is 5.69 Å². The molecule has 1 saturated heterocycles. The van der Waals surface area contributed by atoms with Crippen molar-refractivity contribution in [2.24, 2.45) is 0 Å². The molecule has 0 aromatic heterocycles. The molecule has 0 unspecified atom stereocenters. The molecule has 0 atom stereocenters. The van der Waals surface area contributed by atoms with Crippen molar-refractivity contribution in [1.29, 1.82) is 5.26 Å². The highest BCUT2D eigenvalue weighted by Crippen LogP contribution is 2.41. The predicted molar refractivity (Wildman–Crippen MR) is 119 cm³/mol. The molecular weight excluding hydrogens is 414 g/mol. The van der Waals surface area contributed by atoms with Gasteiger partial charge in [-0.2, -0.15) is 5.26 Å². The van der Waals surface area contributed by atoms with Gasteiger partial charge in [-0.25, -0.2) is 0 Å². The van der Waals surface area contributed by atoms with E-state index in [0.717, 1.165) is 45.9 Å². The second-order valence-corrected chi connectivity index (χ2v) is 9.39. The molecule has 0 N–H and O–H groups in total. The summed E-state index contributed by atoms with van der Waals surface area (Å²) in [7, 11) is 0. The van der Waals surface area contributed by atoms with E-state index in [1.54, 1.807) is 23.9 Å². The number of ether oxygens (including phenoxy) is 2. The summed E-state index contributed by atoms with van der Waals surface area (Å²) in [5, 5.41) is 20.9. The van der Waals surface area contributed by atoms with Crippen LogP contribution in [-0.4, -0.2) is 36.8 Å². The Kier molecular flexibility index (Phi) is 6.19. The van der Waals surface area contributed by atoms with Crippen LogP contribution in [0.25, 0.3) is 0 Å². The number of hydrogen-bond donors (Lipinski definition) is 0. The Hall–Kier alpha value is -2.60.